The van der Waals surface area contributed by atoms with Crippen molar-refractivity contribution in [1.29, 1.82) is 0 Å². The van der Waals surface area contributed by atoms with E-state index in [1.807, 2.05) is 11.3 Å². The molecule has 1 aromatic heterocycles. The monoisotopic (exact) mass is 238 g/mol. The van der Waals surface area contributed by atoms with Crippen molar-refractivity contribution in [3.8, 4) is 0 Å². The summed E-state index contributed by atoms with van der Waals surface area (Å²) >= 11 is 1.86. The third-order valence-corrected chi connectivity index (χ3v) is 5.01. The highest BCUT2D eigenvalue weighted by Crippen LogP contribution is 2.34. The molecule has 1 saturated carbocycles. The Morgan fingerprint density at radius 3 is 2.69 bits per heavy atom. The summed E-state index contributed by atoms with van der Waals surface area (Å²) in [7, 11) is 0. The Kier molecular flexibility index (Phi) is 4.04. The van der Waals surface area contributed by atoms with Crippen molar-refractivity contribution in [3.05, 3.63) is 21.9 Å². The Hall–Kier alpha value is -0.340. The molecule has 1 heterocycles. The first kappa shape index (κ1) is 12.1. The number of hydrogen-bond acceptors (Lipinski definition) is 2. The lowest BCUT2D eigenvalue weighted by Crippen LogP contribution is -2.20. The first-order valence-electron chi connectivity index (χ1n) is 6.44. The van der Waals surface area contributed by atoms with Crippen LogP contribution in [0, 0.1) is 11.8 Å². The minimum atomic E-state index is -0.117. The van der Waals surface area contributed by atoms with E-state index in [1.54, 1.807) is 0 Å². The smallest absolute Gasteiger partial charge is 0.0616 e. The summed E-state index contributed by atoms with van der Waals surface area (Å²) in [5, 5.41) is 10.2. The zero-order chi connectivity index (χ0) is 11.5. The molecular weight excluding hydrogens is 216 g/mol. The van der Waals surface area contributed by atoms with E-state index in [0.717, 1.165) is 18.8 Å². The summed E-state index contributed by atoms with van der Waals surface area (Å²) in [5.41, 5.74) is 0. The predicted molar refractivity (Wildman–Crippen MR) is 69.9 cm³/mol. The van der Waals surface area contributed by atoms with Crippen molar-refractivity contribution >= 4 is 11.3 Å². The first-order valence-corrected chi connectivity index (χ1v) is 7.26. The number of aliphatic hydroxyl groups excluding tert-OH is 1. The van der Waals surface area contributed by atoms with Crippen LogP contribution in [0.3, 0.4) is 0 Å². The van der Waals surface area contributed by atoms with Crippen LogP contribution in [-0.2, 0) is 12.8 Å². The molecule has 1 nitrogen and oxygen atoms in total. The van der Waals surface area contributed by atoms with Crippen molar-refractivity contribution in [2.75, 3.05) is 0 Å². The van der Waals surface area contributed by atoms with Gasteiger partial charge in [0.1, 0.15) is 0 Å². The number of aryl methyl sites for hydroxylation is 1. The van der Waals surface area contributed by atoms with Gasteiger partial charge in [-0.1, -0.05) is 20.3 Å². The fourth-order valence-corrected chi connectivity index (χ4v) is 3.70. The highest BCUT2D eigenvalue weighted by Gasteiger charge is 2.27. The molecule has 0 bridgehead atoms. The SMILES string of the molecule is CCc1ccc(CC(O)C2CCC(C)C2)s1. The lowest BCUT2D eigenvalue weighted by atomic mass is 9.96. The van der Waals surface area contributed by atoms with Crippen molar-refractivity contribution < 1.29 is 5.11 Å². The summed E-state index contributed by atoms with van der Waals surface area (Å²) in [6.45, 7) is 4.48. The molecule has 0 saturated heterocycles. The molecular formula is C14H22OS. The fraction of sp³-hybridized carbons (Fsp3) is 0.714. The molecule has 2 rings (SSSR count). The van der Waals surface area contributed by atoms with Gasteiger partial charge in [-0.05, 0) is 43.2 Å². The van der Waals surface area contributed by atoms with Crippen LogP contribution in [0.25, 0.3) is 0 Å². The van der Waals surface area contributed by atoms with E-state index in [1.165, 1.54) is 29.0 Å². The van der Waals surface area contributed by atoms with Crippen LogP contribution in [0.5, 0.6) is 0 Å². The summed E-state index contributed by atoms with van der Waals surface area (Å²) in [4.78, 5) is 2.78. The lowest BCUT2D eigenvalue weighted by molar-refractivity contribution is 0.110. The van der Waals surface area contributed by atoms with Crippen LogP contribution in [-0.4, -0.2) is 11.2 Å². The van der Waals surface area contributed by atoms with Crippen molar-refractivity contribution in [2.24, 2.45) is 11.8 Å². The van der Waals surface area contributed by atoms with Crippen molar-refractivity contribution in [2.45, 2.75) is 52.1 Å². The molecule has 2 heteroatoms. The summed E-state index contributed by atoms with van der Waals surface area (Å²) < 4.78 is 0. The van der Waals surface area contributed by atoms with Gasteiger partial charge in [0.25, 0.3) is 0 Å². The lowest BCUT2D eigenvalue weighted by Gasteiger charge is -2.17. The van der Waals surface area contributed by atoms with Crippen molar-refractivity contribution in [1.82, 2.24) is 0 Å². The third kappa shape index (κ3) is 2.86. The molecule has 1 aliphatic rings. The molecule has 16 heavy (non-hydrogen) atoms. The highest BCUT2D eigenvalue weighted by atomic mass is 32.1. The van der Waals surface area contributed by atoms with Gasteiger partial charge in [-0.15, -0.1) is 11.3 Å². The van der Waals surface area contributed by atoms with E-state index in [4.69, 9.17) is 0 Å². The maximum Gasteiger partial charge on any atom is 0.0616 e. The number of thiophene rings is 1. The Bertz CT molecular complexity index is 331. The second kappa shape index (κ2) is 5.33. The minimum absolute atomic E-state index is 0.117. The Morgan fingerprint density at radius 1 is 1.38 bits per heavy atom. The molecule has 0 amide bonds. The van der Waals surface area contributed by atoms with Gasteiger partial charge in [-0.3, -0.25) is 0 Å². The largest absolute Gasteiger partial charge is 0.392 e. The molecule has 1 aromatic rings. The summed E-state index contributed by atoms with van der Waals surface area (Å²) in [6.07, 6.45) is 5.59. The second-order valence-electron chi connectivity index (χ2n) is 5.17. The van der Waals surface area contributed by atoms with E-state index in [2.05, 4.69) is 26.0 Å². The standard InChI is InChI=1S/C14H22OS/c1-3-12-6-7-13(16-12)9-14(15)11-5-4-10(2)8-11/h6-7,10-11,14-15H,3-5,8-9H2,1-2H3. The van der Waals surface area contributed by atoms with Gasteiger partial charge in [-0.2, -0.15) is 0 Å². The van der Waals surface area contributed by atoms with E-state index in [-0.39, 0.29) is 6.10 Å². The average Bonchev–Trinajstić information content (AvgIpc) is 2.87. The zero-order valence-corrected chi connectivity index (χ0v) is 11.1. The fourth-order valence-electron chi connectivity index (χ4n) is 2.70. The molecule has 0 radical (unpaired) electrons. The highest BCUT2D eigenvalue weighted by molar-refractivity contribution is 7.11. The number of aliphatic hydroxyl groups is 1. The molecule has 1 fully saturated rings. The molecule has 1 N–H and O–H groups in total. The van der Waals surface area contributed by atoms with Crippen LogP contribution in [0.4, 0.5) is 0 Å². The van der Waals surface area contributed by atoms with Gasteiger partial charge in [0.2, 0.25) is 0 Å². The summed E-state index contributed by atoms with van der Waals surface area (Å²) in [5.74, 6) is 1.36. The Morgan fingerprint density at radius 2 is 2.12 bits per heavy atom. The number of rotatable bonds is 4. The van der Waals surface area contributed by atoms with Crippen LogP contribution >= 0.6 is 11.3 Å². The summed E-state index contributed by atoms with van der Waals surface area (Å²) in [6, 6.07) is 4.38. The van der Waals surface area contributed by atoms with E-state index >= 15 is 0 Å². The topological polar surface area (TPSA) is 20.2 Å². The molecule has 0 aliphatic heterocycles. The normalized spacial score (nSPS) is 27.2. The van der Waals surface area contributed by atoms with Gasteiger partial charge < -0.3 is 5.11 Å². The van der Waals surface area contributed by atoms with E-state index in [0.29, 0.717) is 5.92 Å². The van der Waals surface area contributed by atoms with Crippen molar-refractivity contribution in [3.63, 3.8) is 0 Å². The van der Waals surface area contributed by atoms with Crippen LogP contribution in [0.2, 0.25) is 0 Å². The number of hydrogen-bond donors (Lipinski definition) is 1. The molecule has 0 spiro atoms. The third-order valence-electron chi connectivity index (χ3n) is 3.76. The molecule has 3 unspecified atom stereocenters. The van der Waals surface area contributed by atoms with Gasteiger partial charge in [0.05, 0.1) is 6.10 Å². The van der Waals surface area contributed by atoms with Gasteiger partial charge in [0, 0.05) is 16.2 Å². The zero-order valence-electron chi connectivity index (χ0n) is 10.3. The molecule has 3 atom stereocenters. The van der Waals surface area contributed by atoms with Gasteiger partial charge in [-0.25, -0.2) is 0 Å². The Labute approximate surface area is 103 Å². The maximum absolute atomic E-state index is 10.2. The molecule has 1 aliphatic carbocycles. The quantitative estimate of drug-likeness (QED) is 0.849. The maximum atomic E-state index is 10.2. The van der Waals surface area contributed by atoms with Crippen LogP contribution < -0.4 is 0 Å². The molecule has 90 valence electrons. The predicted octanol–water partition coefficient (Wildman–Crippen LogP) is 3.65. The minimum Gasteiger partial charge on any atom is -0.392 e. The van der Waals surface area contributed by atoms with E-state index in [9.17, 15) is 5.11 Å². The Balaban J connectivity index is 1.89. The first-order chi connectivity index (χ1) is 7.69. The van der Waals surface area contributed by atoms with E-state index < -0.39 is 0 Å². The molecule has 0 aromatic carbocycles. The van der Waals surface area contributed by atoms with Gasteiger partial charge in [0.15, 0.2) is 0 Å². The van der Waals surface area contributed by atoms with Gasteiger partial charge >= 0.3 is 0 Å². The average molecular weight is 238 g/mol. The second-order valence-corrected chi connectivity index (χ2v) is 6.42. The van der Waals surface area contributed by atoms with Crippen LogP contribution in [0.15, 0.2) is 12.1 Å². The van der Waals surface area contributed by atoms with Crippen LogP contribution in [0.1, 0.15) is 42.9 Å².